The Labute approximate surface area is 126 Å². The van der Waals surface area contributed by atoms with Crippen molar-refractivity contribution in [1.82, 2.24) is 0 Å². The van der Waals surface area contributed by atoms with Crippen LogP contribution in [0, 0.1) is 0 Å². The Hall–Kier alpha value is -0.520. The van der Waals surface area contributed by atoms with Crippen LogP contribution in [0.5, 0.6) is 0 Å². The van der Waals surface area contributed by atoms with Crippen LogP contribution in [0.25, 0.3) is 0 Å². The van der Waals surface area contributed by atoms with Crippen molar-refractivity contribution in [2.75, 3.05) is 0 Å². The summed E-state index contributed by atoms with van der Waals surface area (Å²) in [7, 11) is 0. The van der Waals surface area contributed by atoms with Crippen molar-refractivity contribution in [3.05, 3.63) is 56.2 Å². The number of halogens is 5. The van der Waals surface area contributed by atoms with Gasteiger partial charge in [0.25, 0.3) is 0 Å². The maximum absolute atomic E-state index is 12.4. The molecule has 0 aliphatic heterocycles. The van der Waals surface area contributed by atoms with Crippen LogP contribution in [0.1, 0.15) is 21.4 Å². The minimum Gasteiger partial charge on any atom is -0.166 e. The molecule has 6 heteroatoms. The lowest BCUT2D eigenvalue weighted by molar-refractivity contribution is -0.137. The molecule has 2 rings (SSSR count). The van der Waals surface area contributed by atoms with Gasteiger partial charge >= 0.3 is 6.18 Å². The highest BCUT2D eigenvalue weighted by Gasteiger charge is 2.30. The first-order chi connectivity index (χ1) is 8.86. The molecule has 0 saturated carbocycles. The number of thiophene rings is 1. The lowest BCUT2D eigenvalue weighted by Gasteiger charge is -2.10. The van der Waals surface area contributed by atoms with Gasteiger partial charge in [-0.15, -0.1) is 22.9 Å². The van der Waals surface area contributed by atoms with E-state index in [-0.39, 0.29) is 5.38 Å². The second-order valence-electron chi connectivity index (χ2n) is 4.01. The summed E-state index contributed by atoms with van der Waals surface area (Å²) in [6.07, 6.45) is -3.79. The van der Waals surface area contributed by atoms with Gasteiger partial charge in [0, 0.05) is 4.88 Å². The van der Waals surface area contributed by atoms with Crippen LogP contribution >= 0.6 is 38.9 Å². The number of hydrogen-bond acceptors (Lipinski definition) is 1. The molecule has 19 heavy (non-hydrogen) atoms. The lowest BCUT2D eigenvalue weighted by atomic mass is 10.1. The molecule has 102 valence electrons. The molecule has 1 heterocycles. The van der Waals surface area contributed by atoms with Gasteiger partial charge in [0.2, 0.25) is 0 Å². The number of rotatable bonds is 3. The average molecular weight is 370 g/mol. The van der Waals surface area contributed by atoms with E-state index in [4.69, 9.17) is 11.6 Å². The number of benzene rings is 1. The first-order valence-electron chi connectivity index (χ1n) is 5.41. The van der Waals surface area contributed by atoms with E-state index in [1.165, 1.54) is 23.5 Å². The smallest absolute Gasteiger partial charge is 0.166 e. The van der Waals surface area contributed by atoms with Crippen LogP contribution in [0.3, 0.4) is 0 Å². The van der Waals surface area contributed by atoms with E-state index in [0.717, 1.165) is 26.4 Å². The fourth-order valence-corrected chi connectivity index (χ4v) is 3.42. The van der Waals surface area contributed by atoms with Crippen LogP contribution in [-0.2, 0) is 12.6 Å². The molecule has 0 saturated heterocycles. The van der Waals surface area contributed by atoms with E-state index in [1.54, 1.807) is 0 Å². The van der Waals surface area contributed by atoms with Gasteiger partial charge in [0.05, 0.1) is 14.7 Å². The van der Waals surface area contributed by atoms with Gasteiger partial charge in [-0.3, -0.25) is 0 Å². The Kier molecular flexibility index (Phi) is 4.58. The Morgan fingerprint density at radius 3 is 2.21 bits per heavy atom. The van der Waals surface area contributed by atoms with Gasteiger partial charge in [-0.25, -0.2) is 0 Å². The van der Waals surface area contributed by atoms with Crippen molar-refractivity contribution < 1.29 is 13.2 Å². The summed E-state index contributed by atoms with van der Waals surface area (Å²) < 4.78 is 38.2. The maximum Gasteiger partial charge on any atom is 0.416 e. The third kappa shape index (κ3) is 3.97. The molecule has 1 aromatic heterocycles. The Morgan fingerprint density at radius 1 is 1.11 bits per heavy atom. The molecule has 0 spiro atoms. The van der Waals surface area contributed by atoms with Gasteiger partial charge in [-0.05, 0) is 52.2 Å². The topological polar surface area (TPSA) is 0 Å². The third-order valence-electron chi connectivity index (χ3n) is 2.60. The average Bonchev–Trinajstić information content (AvgIpc) is 2.75. The first kappa shape index (κ1) is 14.9. The summed E-state index contributed by atoms with van der Waals surface area (Å²) in [4.78, 5) is 0.994. The molecule has 0 nitrogen and oxygen atoms in total. The predicted octanol–water partition coefficient (Wildman–Crippen LogP) is 6.05. The van der Waals surface area contributed by atoms with Crippen LogP contribution in [0.4, 0.5) is 13.2 Å². The molecular formula is C13H9BrClF3S. The molecule has 0 aliphatic rings. The van der Waals surface area contributed by atoms with Gasteiger partial charge in [0.1, 0.15) is 0 Å². The molecule has 0 N–H and O–H groups in total. The van der Waals surface area contributed by atoms with Gasteiger partial charge < -0.3 is 0 Å². The third-order valence-corrected chi connectivity index (χ3v) is 4.86. The van der Waals surface area contributed by atoms with E-state index in [2.05, 4.69) is 15.9 Å². The molecule has 0 radical (unpaired) electrons. The minimum absolute atomic E-state index is 0.229. The monoisotopic (exact) mass is 368 g/mol. The first-order valence-corrected chi connectivity index (χ1v) is 7.46. The Balaban J connectivity index is 2.07. The number of hydrogen-bond donors (Lipinski definition) is 0. The Morgan fingerprint density at radius 2 is 1.74 bits per heavy atom. The zero-order valence-corrected chi connectivity index (χ0v) is 12.7. The summed E-state index contributed by atoms with van der Waals surface area (Å²) >= 11 is 11.1. The lowest BCUT2D eigenvalue weighted by Crippen LogP contribution is -2.04. The molecule has 0 aliphatic carbocycles. The summed E-state index contributed by atoms with van der Waals surface area (Å²) in [6, 6.07) is 8.94. The summed E-state index contributed by atoms with van der Waals surface area (Å²) in [5, 5.41) is -0.229. The molecular weight excluding hydrogens is 361 g/mol. The van der Waals surface area contributed by atoms with E-state index in [1.807, 2.05) is 12.1 Å². The van der Waals surface area contributed by atoms with E-state index in [9.17, 15) is 13.2 Å². The summed E-state index contributed by atoms with van der Waals surface area (Å²) in [6.45, 7) is 0. The standard InChI is InChI=1S/C13H9BrClF3S/c14-12-6-5-11(19-12)10(15)7-8-1-3-9(4-2-8)13(16,17)18/h1-6,10H,7H2. The van der Waals surface area contributed by atoms with Crippen molar-refractivity contribution >= 4 is 38.9 Å². The SMILES string of the molecule is FC(F)(F)c1ccc(CC(Cl)c2ccc(Br)s2)cc1. The highest BCUT2D eigenvalue weighted by molar-refractivity contribution is 9.11. The fraction of sp³-hybridized carbons (Fsp3) is 0.231. The van der Waals surface area contributed by atoms with Crippen LogP contribution in [0.15, 0.2) is 40.2 Å². The van der Waals surface area contributed by atoms with Crippen molar-refractivity contribution in [2.45, 2.75) is 18.0 Å². The predicted molar refractivity (Wildman–Crippen MR) is 75.8 cm³/mol. The Bertz CT molecular complexity index is 548. The fourth-order valence-electron chi connectivity index (χ4n) is 1.63. The van der Waals surface area contributed by atoms with Gasteiger partial charge in [-0.1, -0.05) is 12.1 Å². The molecule has 0 bridgehead atoms. The van der Waals surface area contributed by atoms with Crippen LogP contribution in [0.2, 0.25) is 0 Å². The maximum atomic E-state index is 12.4. The molecule has 1 atom stereocenters. The summed E-state index contributed by atoms with van der Waals surface area (Å²) in [5.41, 5.74) is 0.152. The van der Waals surface area contributed by atoms with Crippen molar-refractivity contribution in [1.29, 1.82) is 0 Å². The minimum atomic E-state index is -4.29. The largest absolute Gasteiger partial charge is 0.416 e. The summed E-state index contributed by atoms with van der Waals surface area (Å²) in [5.74, 6) is 0. The second kappa shape index (κ2) is 5.85. The van der Waals surface area contributed by atoms with Crippen molar-refractivity contribution in [3.63, 3.8) is 0 Å². The molecule has 0 amide bonds. The second-order valence-corrected chi connectivity index (χ2v) is 7.03. The highest BCUT2D eigenvalue weighted by Crippen LogP contribution is 2.34. The highest BCUT2D eigenvalue weighted by atomic mass is 79.9. The molecule has 1 aromatic carbocycles. The zero-order valence-electron chi connectivity index (χ0n) is 9.55. The normalized spacial score (nSPS) is 13.5. The van der Waals surface area contributed by atoms with E-state index < -0.39 is 11.7 Å². The van der Waals surface area contributed by atoms with Crippen LogP contribution in [-0.4, -0.2) is 0 Å². The molecule has 1 unspecified atom stereocenters. The van der Waals surface area contributed by atoms with E-state index >= 15 is 0 Å². The van der Waals surface area contributed by atoms with Gasteiger partial charge in [-0.2, -0.15) is 13.2 Å². The van der Waals surface area contributed by atoms with Crippen molar-refractivity contribution in [3.8, 4) is 0 Å². The van der Waals surface area contributed by atoms with Crippen LogP contribution < -0.4 is 0 Å². The zero-order chi connectivity index (χ0) is 14.0. The van der Waals surface area contributed by atoms with Gasteiger partial charge in [0.15, 0.2) is 0 Å². The quantitative estimate of drug-likeness (QED) is 0.578. The van der Waals surface area contributed by atoms with E-state index in [0.29, 0.717) is 6.42 Å². The molecule has 2 aromatic rings. The molecule has 0 fully saturated rings. The number of alkyl halides is 4. The van der Waals surface area contributed by atoms with Crippen molar-refractivity contribution in [2.24, 2.45) is 0 Å².